The predicted molar refractivity (Wildman–Crippen MR) is 80.1 cm³/mol. The lowest BCUT2D eigenvalue weighted by Crippen LogP contribution is -2.50. The van der Waals surface area contributed by atoms with Crippen molar-refractivity contribution < 1.29 is 14.6 Å². The average Bonchev–Trinajstić information content (AvgIpc) is 2.40. The molecule has 5 nitrogen and oxygen atoms in total. The monoisotopic (exact) mass is 280 g/mol. The Bertz CT molecular complexity index is 425. The van der Waals surface area contributed by atoms with Crippen molar-refractivity contribution in [3.8, 4) is 5.75 Å². The van der Waals surface area contributed by atoms with Crippen molar-refractivity contribution in [2.45, 2.75) is 45.8 Å². The maximum Gasteiger partial charge on any atom is 0.319 e. The zero-order chi connectivity index (χ0) is 15.2. The summed E-state index contributed by atoms with van der Waals surface area (Å²) >= 11 is 0. The van der Waals surface area contributed by atoms with Crippen LogP contribution in [0.2, 0.25) is 0 Å². The fraction of sp³-hybridized carbons (Fsp3) is 0.533. The number of hydrogen-bond acceptors (Lipinski definition) is 3. The molecule has 1 rings (SSSR count). The summed E-state index contributed by atoms with van der Waals surface area (Å²) in [5, 5.41) is 14.7. The molecule has 1 atom stereocenters. The number of nitrogens with one attached hydrogen (secondary N) is 2. The van der Waals surface area contributed by atoms with E-state index in [9.17, 15) is 9.90 Å². The van der Waals surface area contributed by atoms with Crippen molar-refractivity contribution in [3.63, 3.8) is 0 Å². The third-order valence-corrected chi connectivity index (χ3v) is 3.03. The van der Waals surface area contributed by atoms with Gasteiger partial charge in [-0.15, -0.1) is 0 Å². The molecule has 0 heterocycles. The van der Waals surface area contributed by atoms with Crippen molar-refractivity contribution in [2.24, 2.45) is 0 Å². The lowest BCUT2D eigenvalue weighted by atomic mass is 10.0. The Morgan fingerprint density at radius 2 is 1.95 bits per heavy atom. The Morgan fingerprint density at radius 3 is 2.40 bits per heavy atom. The summed E-state index contributed by atoms with van der Waals surface area (Å²) in [6.07, 6.45) is 0.768. The minimum atomic E-state index is -0.606. The molecule has 2 amide bonds. The summed E-state index contributed by atoms with van der Waals surface area (Å²) in [4.78, 5) is 11.8. The number of aliphatic hydroxyl groups excluding tert-OH is 1. The number of hydrogen-bond donors (Lipinski definition) is 3. The highest BCUT2D eigenvalue weighted by molar-refractivity contribution is 5.89. The van der Waals surface area contributed by atoms with Crippen molar-refractivity contribution in [3.05, 3.63) is 24.3 Å². The maximum atomic E-state index is 11.8. The first-order valence-electron chi connectivity index (χ1n) is 6.85. The van der Waals surface area contributed by atoms with Crippen LogP contribution in [0.4, 0.5) is 10.5 Å². The molecule has 0 aliphatic rings. The molecule has 0 fully saturated rings. The van der Waals surface area contributed by atoms with E-state index in [0.717, 1.165) is 5.75 Å². The summed E-state index contributed by atoms with van der Waals surface area (Å²) in [6.45, 7) is 7.53. The van der Waals surface area contributed by atoms with E-state index in [2.05, 4.69) is 10.6 Å². The molecule has 5 heteroatoms. The van der Waals surface area contributed by atoms with Gasteiger partial charge in [0.15, 0.2) is 0 Å². The van der Waals surface area contributed by atoms with E-state index in [0.29, 0.717) is 12.1 Å². The highest BCUT2D eigenvalue weighted by Gasteiger charge is 2.23. The first-order valence-corrected chi connectivity index (χ1v) is 6.85. The van der Waals surface area contributed by atoms with E-state index in [1.165, 1.54) is 0 Å². The quantitative estimate of drug-likeness (QED) is 0.750. The normalized spacial score (nSPS) is 13.7. The number of ether oxygens (including phenoxy) is 1. The maximum absolute atomic E-state index is 11.8. The van der Waals surface area contributed by atoms with Gasteiger partial charge < -0.3 is 20.5 Å². The number of carbonyl (C=O) groups is 1. The topological polar surface area (TPSA) is 70.6 Å². The van der Waals surface area contributed by atoms with E-state index in [1.807, 2.05) is 20.8 Å². The highest BCUT2D eigenvalue weighted by Crippen LogP contribution is 2.17. The standard InChI is InChI=1S/C15H24N2O3/c1-5-15(4,10-18)17-14(19)16-12-6-8-13(9-7-12)20-11(2)3/h6-9,11,18H,5,10H2,1-4H3,(H2,16,17,19). The molecule has 0 radical (unpaired) electrons. The number of rotatable bonds is 6. The Morgan fingerprint density at radius 1 is 1.35 bits per heavy atom. The van der Waals surface area contributed by atoms with E-state index >= 15 is 0 Å². The molecule has 0 saturated carbocycles. The summed E-state index contributed by atoms with van der Waals surface area (Å²) < 4.78 is 5.53. The lowest BCUT2D eigenvalue weighted by Gasteiger charge is -2.27. The second-order valence-electron chi connectivity index (χ2n) is 5.34. The van der Waals surface area contributed by atoms with Crippen LogP contribution < -0.4 is 15.4 Å². The van der Waals surface area contributed by atoms with Crippen LogP contribution >= 0.6 is 0 Å². The van der Waals surface area contributed by atoms with Gasteiger partial charge in [-0.25, -0.2) is 4.79 Å². The highest BCUT2D eigenvalue weighted by atomic mass is 16.5. The number of benzene rings is 1. The first kappa shape index (κ1) is 16.3. The smallest absolute Gasteiger partial charge is 0.319 e. The summed E-state index contributed by atoms with van der Waals surface area (Å²) in [5.74, 6) is 0.764. The number of anilines is 1. The lowest BCUT2D eigenvalue weighted by molar-refractivity contribution is 0.172. The SMILES string of the molecule is CCC(C)(CO)NC(=O)Nc1ccc(OC(C)C)cc1. The molecular formula is C15H24N2O3. The third-order valence-electron chi connectivity index (χ3n) is 3.03. The molecule has 0 aliphatic heterocycles. The second kappa shape index (κ2) is 7.14. The van der Waals surface area contributed by atoms with Crippen molar-refractivity contribution >= 4 is 11.7 Å². The van der Waals surface area contributed by atoms with Crippen LogP contribution in [-0.2, 0) is 0 Å². The fourth-order valence-corrected chi connectivity index (χ4v) is 1.57. The van der Waals surface area contributed by atoms with Gasteiger partial charge in [-0.2, -0.15) is 0 Å². The van der Waals surface area contributed by atoms with Gasteiger partial charge in [-0.05, 0) is 51.5 Å². The fourth-order valence-electron chi connectivity index (χ4n) is 1.57. The Kier molecular flexibility index (Phi) is 5.82. The third kappa shape index (κ3) is 5.09. The minimum Gasteiger partial charge on any atom is -0.491 e. The molecule has 0 saturated heterocycles. The van der Waals surface area contributed by atoms with E-state index in [4.69, 9.17) is 4.74 Å². The molecule has 0 spiro atoms. The summed E-state index contributed by atoms with van der Waals surface area (Å²) in [6, 6.07) is 6.83. The Labute approximate surface area is 120 Å². The van der Waals surface area contributed by atoms with Crippen molar-refractivity contribution in [2.75, 3.05) is 11.9 Å². The molecular weight excluding hydrogens is 256 g/mol. The number of amides is 2. The van der Waals surface area contributed by atoms with Crippen LogP contribution in [0.3, 0.4) is 0 Å². The van der Waals surface area contributed by atoms with Crippen molar-refractivity contribution in [1.82, 2.24) is 5.32 Å². The number of carbonyl (C=O) groups excluding carboxylic acids is 1. The number of aliphatic hydroxyl groups is 1. The predicted octanol–water partition coefficient (Wildman–Crippen LogP) is 2.76. The van der Waals surface area contributed by atoms with Gasteiger partial charge in [-0.1, -0.05) is 6.92 Å². The molecule has 3 N–H and O–H groups in total. The molecule has 0 aromatic heterocycles. The van der Waals surface area contributed by atoms with Gasteiger partial charge >= 0.3 is 6.03 Å². The zero-order valence-electron chi connectivity index (χ0n) is 12.6. The Balaban J connectivity index is 2.58. The van der Waals surface area contributed by atoms with E-state index in [1.54, 1.807) is 31.2 Å². The van der Waals surface area contributed by atoms with Crippen LogP contribution in [0.15, 0.2) is 24.3 Å². The van der Waals surface area contributed by atoms with Crippen LogP contribution in [0.1, 0.15) is 34.1 Å². The van der Waals surface area contributed by atoms with Crippen LogP contribution in [0.5, 0.6) is 5.75 Å². The molecule has 1 aromatic rings. The summed E-state index contributed by atoms with van der Waals surface area (Å²) in [7, 11) is 0. The second-order valence-corrected chi connectivity index (χ2v) is 5.34. The zero-order valence-corrected chi connectivity index (χ0v) is 12.6. The van der Waals surface area contributed by atoms with E-state index < -0.39 is 5.54 Å². The van der Waals surface area contributed by atoms with Gasteiger partial charge in [-0.3, -0.25) is 0 Å². The van der Waals surface area contributed by atoms with Crippen molar-refractivity contribution in [1.29, 1.82) is 0 Å². The average molecular weight is 280 g/mol. The molecule has 20 heavy (non-hydrogen) atoms. The van der Waals surface area contributed by atoms with Crippen LogP contribution in [0.25, 0.3) is 0 Å². The van der Waals surface area contributed by atoms with Gasteiger partial charge in [0, 0.05) is 5.69 Å². The first-order chi connectivity index (χ1) is 9.38. The Hall–Kier alpha value is -1.75. The van der Waals surface area contributed by atoms with Gasteiger partial charge in [0.2, 0.25) is 0 Å². The minimum absolute atomic E-state index is 0.0991. The van der Waals surface area contributed by atoms with Gasteiger partial charge in [0.05, 0.1) is 18.2 Å². The van der Waals surface area contributed by atoms with Gasteiger partial charge in [0.25, 0.3) is 0 Å². The molecule has 1 unspecified atom stereocenters. The van der Waals surface area contributed by atoms with Crippen LogP contribution in [-0.4, -0.2) is 29.4 Å². The molecule has 0 bridgehead atoms. The van der Waals surface area contributed by atoms with Gasteiger partial charge in [0.1, 0.15) is 5.75 Å². The largest absolute Gasteiger partial charge is 0.491 e. The summed E-state index contributed by atoms with van der Waals surface area (Å²) in [5.41, 5.74) is 0.0696. The molecule has 112 valence electrons. The van der Waals surface area contributed by atoms with E-state index in [-0.39, 0.29) is 18.7 Å². The molecule has 0 aliphatic carbocycles. The molecule has 1 aromatic carbocycles. The van der Waals surface area contributed by atoms with Crippen LogP contribution in [0, 0.1) is 0 Å². The number of urea groups is 1.